The van der Waals surface area contributed by atoms with Crippen molar-refractivity contribution in [1.29, 1.82) is 0 Å². The molecule has 0 aromatic carbocycles. The van der Waals surface area contributed by atoms with Crippen LogP contribution in [0.1, 0.15) is 49.8 Å². The van der Waals surface area contributed by atoms with E-state index in [9.17, 15) is 0 Å². The van der Waals surface area contributed by atoms with Gasteiger partial charge in [-0.2, -0.15) is 0 Å². The number of aromatic amines is 1. The van der Waals surface area contributed by atoms with E-state index in [2.05, 4.69) is 27.9 Å². The number of likely N-dealkylation sites (tertiary alicyclic amines) is 1. The zero-order chi connectivity index (χ0) is 15.1. The molecular formula is C18H25N3O. The Morgan fingerprint density at radius 1 is 1.36 bits per heavy atom. The fourth-order valence-electron chi connectivity index (χ4n) is 3.80. The van der Waals surface area contributed by atoms with Gasteiger partial charge in [-0.1, -0.05) is 6.92 Å². The number of ether oxygens (including phenoxy) is 1. The van der Waals surface area contributed by atoms with Crippen molar-refractivity contribution in [2.24, 2.45) is 5.92 Å². The lowest BCUT2D eigenvalue weighted by Crippen LogP contribution is -2.33. The first-order valence-corrected chi connectivity index (χ1v) is 8.51. The summed E-state index contributed by atoms with van der Waals surface area (Å²) >= 11 is 0. The number of methoxy groups -OCH3 is 1. The molecule has 0 bridgehead atoms. The van der Waals surface area contributed by atoms with E-state index in [0.29, 0.717) is 5.92 Å². The second kappa shape index (κ2) is 5.58. The third-order valence-corrected chi connectivity index (χ3v) is 5.06. The first-order chi connectivity index (χ1) is 10.7. The van der Waals surface area contributed by atoms with Gasteiger partial charge in [-0.15, -0.1) is 0 Å². The van der Waals surface area contributed by atoms with Crippen molar-refractivity contribution in [3.8, 4) is 5.88 Å². The Bertz CT molecular complexity index is 674. The van der Waals surface area contributed by atoms with Crippen molar-refractivity contribution in [3.63, 3.8) is 0 Å². The molecule has 3 heterocycles. The number of H-pyrrole nitrogens is 1. The van der Waals surface area contributed by atoms with Crippen molar-refractivity contribution >= 4 is 10.9 Å². The highest BCUT2D eigenvalue weighted by atomic mass is 16.5. The van der Waals surface area contributed by atoms with Crippen molar-refractivity contribution in [1.82, 2.24) is 14.9 Å². The zero-order valence-corrected chi connectivity index (χ0v) is 13.6. The Balaban J connectivity index is 1.65. The molecule has 1 saturated heterocycles. The topological polar surface area (TPSA) is 41.1 Å². The molecule has 2 fully saturated rings. The molecule has 1 atom stereocenters. The van der Waals surface area contributed by atoms with Crippen molar-refractivity contribution < 1.29 is 4.74 Å². The van der Waals surface area contributed by atoms with Gasteiger partial charge < -0.3 is 9.72 Å². The van der Waals surface area contributed by atoms with Crippen LogP contribution in [0.15, 0.2) is 12.3 Å². The van der Waals surface area contributed by atoms with Crippen LogP contribution in [0.5, 0.6) is 5.88 Å². The molecule has 0 radical (unpaired) electrons. The summed E-state index contributed by atoms with van der Waals surface area (Å²) in [5.74, 6) is 2.24. The van der Waals surface area contributed by atoms with Crippen molar-refractivity contribution in [2.75, 3.05) is 20.2 Å². The first-order valence-electron chi connectivity index (χ1n) is 8.51. The largest absolute Gasteiger partial charge is 0.479 e. The Morgan fingerprint density at radius 3 is 2.95 bits per heavy atom. The van der Waals surface area contributed by atoms with Crippen molar-refractivity contribution in [2.45, 2.75) is 45.1 Å². The van der Waals surface area contributed by atoms with Gasteiger partial charge in [-0.25, -0.2) is 4.98 Å². The van der Waals surface area contributed by atoms with E-state index >= 15 is 0 Å². The average Bonchev–Trinajstić information content (AvgIpc) is 3.26. The summed E-state index contributed by atoms with van der Waals surface area (Å²) < 4.78 is 5.45. The number of rotatable bonds is 4. The summed E-state index contributed by atoms with van der Waals surface area (Å²) in [7, 11) is 1.70. The average molecular weight is 299 g/mol. The zero-order valence-electron chi connectivity index (χ0n) is 13.6. The minimum absolute atomic E-state index is 0.708. The minimum atomic E-state index is 0.708. The number of piperidine rings is 1. The Labute approximate surface area is 131 Å². The lowest BCUT2D eigenvalue weighted by molar-refractivity contribution is 0.175. The molecule has 4 rings (SSSR count). The molecular weight excluding hydrogens is 274 g/mol. The van der Waals surface area contributed by atoms with E-state index in [0.717, 1.165) is 23.9 Å². The highest BCUT2D eigenvalue weighted by Gasteiger charge is 2.27. The minimum Gasteiger partial charge on any atom is -0.479 e. The number of hydrogen-bond donors (Lipinski definition) is 1. The highest BCUT2D eigenvalue weighted by molar-refractivity contribution is 5.88. The van der Waals surface area contributed by atoms with Gasteiger partial charge in [-0.05, 0) is 55.7 Å². The number of nitrogens with zero attached hydrogens (tertiary/aromatic N) is 2. The van der Waals surface area contributed by atoms with Gasteiger partial charge in [0.15, 0.2) is 0 Å². The Kier molecular flexibility index (Phi) is 3.57. The van der Waals surface area contributed by atoms with E-state index in [1.807, 2.05) is 6.20 Å². The van der Waals surface area contributed by atoms with E-state index in [1.54, 1.807) is 7.11 Å². The molecule has 4 heteroatoms. The van der Waals surface area contributed by atoms with Gasteiger partial charge in [0.2, 0.25) is 5.88 Å². The third-order valence-electron chi connectivity index (χ3n) is 5.06. The molecule has 0 spiro atoms. The molecule has 0 amide bonds. The van der Waals surface area contributed by atoms with Gasteiger partial charge in [0.05, 0.1) is 7.11 Å². The molecule has 1 saturated carbocycles. The first kappa shape index (κ1) is 14.1. The van der Waals surface area contributed by atoms with Crippen LogP contribution in [0.2, 0.25) is 0 Å². The van der Waals surface area contributed by atoms with Crippen LogP contribution in [-0.2, 0) is 6.54 Å². The molecule has 2 aromatic heterocycles. The molecule has 2 aliphatic rings. The van der Waals surface area contributed by atoms with Crippen molar-refractivity contribution in [3.05, 3.63) is 23.5 Å². The summed E-state index contributed by atoms with van der Waals surface area (Å²) in [6, 6.07) is 2.33. The predicted molar refractivity (Wildman–Crippen MR) is 88.3 cm³/mol. The van der Waals surface area contributed by atoms with Crippen LogP contribution in [0, 0.1) is 5.92 Å². The maximum Gasteiger partial charge on any atom is 0.238 e. The fourth-order valence-corrected chi connectivity index (χ4v) is 3.80. The summed E-state index contributed by atoms with van der Waals surface area (Å²) in [5, 5.41) is 1.31. The van der Waals surface area contributed by atoms with E-state index in [4.69, 9.17) is 4.74 Å². The molecule has 22 heavy (non-hydrogen) atoms. The second-order valence-electron chi connectivity index (χ2n) is 7.06. The van der Waals surface area contributed by atoms with Crippen LogP contribution >= 0.6 is 0 Å². The van der Waals surface area contributed by atoms with E-state index < -0.39 is 0 Å². The summed E-state index contributed by atoms with van der Waals surface area (Å²) in [6.07, 6.45) is 7.30. The van der Waals surface area contributed by atoms with E-state index in [1.165, 1.54) is 55.4 Å². The van der Waals surface area contributed by atoms with Gasteiger partial charge >= 0.3 is 0 Å². The fraction of sp³-hybridized carbons (Fsp3) is 0.611. The lowest BCUT2D eigenvalue weighted by Gasteiger charge is -2.30. The monoisotopic (exact) mass is 299 g/mol. The highest BCUT2D eigenvalue weighted by Crippen LogP contribution is 2.44. The molecule has 118 valence electrons. The maximum atomic E-state index is 5.45. The SMILES string of the molecule is COc1ncc(C2CC2)c2cc(CN3CCC[C@H](C)C3)[nH]c12. The summed E-state index contributed by atoms with van der Waals surface area (Å²) in [5.41, 5.74) is 3.76. The number of hydrogen-bond acceptors (Lipinski definition) is 3. The summed E-state index contributed by atoms with van der Waals surface area (Å²) in [4.78, 5) is 10.6. The normalized spacial score (nSPS) is 23.1. The van der Waals surface area contributed by atoms with Gasteiger partial charge in [0.25, 0.3) is 0 Å². The number of nitrogens with one attached hydrogen (secondary N) is 1. The summed E-state index contributed by atoms with van der Waals surface area (Å²) in [6.45, 7) is 5.78. The van der Waals surface area contributed by atoms with Crippen LogP contribution in [0.4, 0.5) is 0 Å². The molecule has 1 aliphatic heterocycles. The van der Waals surface area contributed by atoms with Gasteiger partial charge in [-0.3, -0.25) is 4.90 Å². The maximum absolute atomic E-state index is 5.45. The van der Waals surface area contributed by atoms with Crippen LogP contribution < -0.4 is 4.74 Å². The van der Waals surface area contributed by atoms with Crippen LogP contribution in [-0.4, -0.2) is 35.1 Å². The van der Waals surface area contributed by atoms with Gasteiger partial charge in [0.1, 0.15) is 5.52 Å². The Hall–Kier alpha value is -1.55. The number of fused-ring (bicyclic) bond motifs is 1. The second-order valence-corrected chi connectivity index (χ2v) is 7.06. The number of pyridine rings is 1. The standard InChI is InChI=1S/C18H25N3O/c1-12-4-3-7-21(10-12)11-14-8-15-16(13-5-6-13)9-19-18(22-2)17(15)20-14/h8-9,12-13,20H,3-7,10-11H2,1-2H3/t12-/m0/s1. The lowest BCUT2D eigenvalue weighted by atomic mass is 10.0. The molecule has 1 N–H and O–H groups in total. The molecule has 0 unspecified atom stereocenters. The van der Waals surface area contributed by atoms with Gasteiger partial charge in [0, 0.05) is 30.4 Å². The van der Waals surface area contributed by atoms with Crippen LogP contribution in [0.3, 0.4) is 0 Å². The van der Waals surface area contributed by atoms with E-state index in [-0.39, 0.29) is 0 Å². The Morgan fingerprint density at radius 2 is 2.23 bits per heavy atom. The molecule has 4 nitrogen and oxygen atoms in total. The smallest absolute Gasteiger partial charge is 0.238 e. The predicted octanol–water partition coefficient (Wildman–Crippen LogP) is 3.68. The molecule has 1 aliphatic carbocycles. The quantitative estimate of drug-likeness (QED) is 0.936. The number of aromatic nitrogens is 2. The third kappa shape index (κ3) is 2.60. The van der Waals surface area contributed by atoms with Crippen LogP contribution in [0.25, 0.3) is 10.9 Å². The molecule has 2 aromatic rings.